The average Bonchev–Trinajstić information content (AvgIpc) is 2.58. The average molecular weight is 314 g/mol. The summed E-state index contributed by atoms with van der Waals surface area (Å²) in [5, 5.41) is 8.57. The molecule has 0 aliphatic heterocycles. The molecular weight excluding hydrogens is 296 g/mol. The molecule has 0 bridgehead atoms. The number of methoxy groups -OCH3 is 1. The quantitative estimate of drug-likeness (QED) is 0.598. The molecule has 2 aromatic carbocycles. The molecule has 0 heterocycles. The van der Waals surface area contributed by atoms with Crippen LogP contribution in [0.2, 0.25) is 0 Å². The lowest BCUT2D eigenvalue weighted by molar-refractivity contribution is -0.131. The van der Waals surface area contributed by atoms with E-state index in [0.717, 1.165) is 23.1 Å². The van der Waals surface area contributed by atoms with Crippen LogP contribution in [0, 0.1) is 0 Å². The lowest BCUT2D eigenvalue weighted by Gasteiger charge is -2.09. The van der Waals surface area contributed by atoms with Crippen molar-refractivity contribution < 1.29 is 24.1 Å². The Kier molecular flexibility index (Phi) is 6.06. The molecular formula is C18H18O5. The lowest BCUT2D eigenvalue weighted by Crippen LogP contribution is -2.08. The standard InChI is InChI=1S/C18H18O5/c1-21-16-3-2-4-17(13-16)23-12-11-22-15-8-5-14(6-9-15)7-10-18(19)20/h2-10,13H,11-12H2,1H3,(H,19,20). The number of carboxylic acids is 1. The fourth-order valence-electron chi connectivity index (χ4n) is 1.85. The van der Waals surface area contributed by atoms with E-state index in [1.165, 1.54) is 6.08 Å². The molecule has 0 atom stereocenters. The van der Waals surface area contributed by atoms with E-state index in [2.05, 4.69) is 0 Å². The normalized spacial score (nSPS) is 10.5. The summed E-state index contributed by atoms with van der Waals surface area (Å²) in [6.45, 7) is 0.815. The third kappa shape index (κ3) is 5.74. The Hall–Kier alpha value is -2.95. The number of ether oxygens (including phenoxy) is 3. The number of hydrogen-bond donors (Lipinski definition) is 1. The van der Waals surface area contributed by atoms with Crippen molar-refractivity contribution in [2.75, 3.05) is 20.3 Å². The number of carboxylic acid groups (broad SMARTS) is 1. The summed E-state index contributed by atoms with van der Waals surface area (Å²) >= 11 is 0. The van der Waals surface area contributed by atoms with E-state index in [1.807, 2.05) is 24.3 Å². The van der Waals surface area contributed by atoms with Gasteiger partial charge in [-0.25, -0.2) is 4.79 Å². The molecule has 0 fully saturated rings. The van der Waals surface area contributed by atoms with Crippen LogP contribution in [0.4, 0.5) is 0 Å². The summed E-state index contributed by atoms with van der Waals surface area (Å²) in [7, 11) is 1.61. The second kappa shape index (κ2) is 8.48. The molecule has 0 spiro atoms. The van der Waals surface area contributed by atoms with Crippen molar-refractivity contribution >= 4 is 12.0 Å². The third-order valence-electron chi connectivity index (χ3n) is 2.96. The van der Waals surface area contributed by atoms with Crippen LogP contribution in [0.25, 0.3) is 6.08 Å². The maximum atomic E-state index is 10.4. The monoisotopic (exact) mass is 314 g/mol. The van der Waals surface area contributed by atoms with E-state index < -0.39 is 5.97 Å². The topological polar surface area (TPSA) is 65.0 Å². The van der Waals surface area contributed by atoms with Crippen LogP contribution >= 0.6 is 0 Å². The Balaban J connectivity index is 1.76. The Bertz CT molecular complexity index is 661. The molecule has 5 heteroatoms. The maximum Gasteiger partial charge on any atom is 0.328 e. The Morgan fingerprint density at radius 1 is 1.00 bits per heavy atom. The van der Waals surface area contributed by atoms with Crippen LogP contribution in [0.15, 0.2) is 54.6 Å². The molecule has 0 aromatic heterocycles. The van der Waals surface area contributed by atoms with Crippen molar-refractivity contribution in [3.05, 3.63) is 60.2 Å². The Morgan fingerprint density at radius 3 is 2.30 bits per heavy atom. The first-order valence-electron chi connectivity index (χ1n) is 7.08. The van der Waals surface area contributed by atoms with Gasteiger partial charge in [-0.15, -0.1) is 0 Å². The van der Waals surface area contributed by atoms with Gasteiger partial charge in [0, 0.05) is 12.1 Å². The molecule has 2 rings (SSSR count). The molecule has 0 unspecified atom stereocenters. The minimum absolute atomic E-state index is 0.404. The van der Waals surface area contributed by atoms with Gasteiger partial charge in [0.15, 0.2) is 0 Å². The van der Waals surface area contributed by atoms with Crippen molar-refractivity contribution in [3.63, 3.8) is 0 Å². The van der Waals surface area contributed by atoms with Crippen LogP contribution in [-0.2, 0) is 4.79 Å². The SMILES string of the molecule is COc1cccc(OCCOc2ccc(C=CC(=O)O)cc2)c1. The van der Waals surface area contributed by atoms with Crippen LogP contribution < -0.4 is 14.2 Å². The van der Waals surface area contributed by atoms with Gasteiger partial charge in [0.25, 0.3) is 0 Å². The Morgan fingerprint density at radius 2 is 1.65 bits per heavy atom. The largest absolute Gasteiger partial charge is 0.497 e. The fraction of sp³-hybridized carbons (Fsp3) is 0.167. The van der Waals surface area contributed by atoms with Gasteiger partial charge in [0.2, 0.25) is 0 Å². The summed E-state index contributed by atoms with van der Waals surface area (Å²) < 4.78 is 16.3. The third-order valence-corrected chi connectivity index (χ3v) is 2.96. The number of benzene rings is 2. The van der Waals surface area contributed by atoms with Crippen LogP contribution in [0.5, 0.6) is 17.2 Å². The predicted octanol–water partition coefficient (Wildman–Crippen LogP) is 3.25. The van der Waals surface area contributed by atoms with Gasteiger partial charge in [-0.1, -0.05) is 18.2 Å². The van der Waals surface area contributed by atoms with Gasteiger partial charge >= 0.3 is 5.97 Å². The zero-order valence-corrected chi connectivity index (χ0v) is 12.8. The number of carbonyl (C=O) groups is 1. The minimum atomic E-state index is -0.972. The van der Waals surface area contributed by atoms with E-state index in [1.54, 1.807) is 31.4 Å². The summed E-state index contributed by atoms with van der Waals surface area (Å²) in [6, 6.07) is 14.5. The highest BCUT2D eigenvalue weighted by Gasteiger charge is 1.98. The molecule has 0 aliphatic carbocycles. The highest BCUT2D eigenvalue weighted by Crippen LogP contribution is 2.19. The molecule has 5 nitrogen and oxygen atoms in total. The number of hydrogen-bond acceptors (Lipinski definition) is 4. The molecule has 120 valence electrons. The van der Waals surface area contributed by atoms with Crippen LogP contribution in [0.3, 0.4) is 0 Å². The second-order valence-electron chi connectivity index (χ2n) is 4.62. The van der Waals surface area contributed by atoms with Gasteiger partial charge in [0.05, 0.1) is 7.11 Å². The zero-order chi connectivity index (χ0) is 16.5. The van der Waals surface area contributed by atoms with Gasteiger partial charge in [-0.2, -0.15) is 0 Å². The fourth-order valence-corrected chi connectivity index (χ4v) is 1.85. The predicted molar refractivity (Wildman–Crippen MR) is 87.1 cm³/mol. The Labute approximate surface area is 134 Å². The molecule has 0 radical (unpaired) electrons. The molecule has 23 heavy (non-hydrogen) atoms. The summed E-state index contributed by atoms with van der Waals surface area (Å²) in [5.74, 6) is 1.20. The summed E-state index contributed by atoms with van der Waals surface area (Å²) in [5.41, 5.74) is 0.799. The zero-order valence-electron chi connectivity index (χ0n) is 12.8. The first-order valence-corrected chi connectivity index (χ1v) is 7.08. The second-order valence-corrected chi connectivity index (χ2v) is 4.62. The van der Waals surface area contributed by atoms with E-state index >= 15 is 0 Å². The van der Waals surface area contributed by atoms with Gasteiger partial charge in [0.1, 0.15) is 30.5 Å². The van der Waals surface area contributed by atoms with E-state index in [0.29, 0.717) is 19.0 Å². The molecule has 0 aliphatic rings. The van der Waals surface area contributed by atoms with Crippen LogP contribution in [0.1, 0.15) is 5.56 Å². The molecule has 0 amide bonds. The molecule has 2 aromatic rings. The van der Waals surface area contributed by atoms with Crippen molar-refractivity contribution in [2.45, 2.75) is 0 Å². The van der Waals surface area contributed by atoms with Crippen molar-refractivity contribution in [1.82, 2.24) is 0 Å². The van der Waals surface area contributed by atoms with Crippen molar-refractivity contribution in [3.8, 4) is 17.2 Å². The molecule has 1 N–H and O–H groups in total. The molecule has 0 saturated heterocycles. The smallest absolute Gasteiger partial charge is 0.328 e. The first kappa shape index (κ1) is 16.4. The van der Waals surface area contributed by atoms with Crippen molar-refractivity contribution in [2.24, 2.45) is 0 Å². The first-order chi connectivity index (χ1) is 11.2. The van der Waals surface area contributed by atoms with E-state index in [-0.39, 0.29) is 0 Å². The maximum absolute atomic E-state index is 10.4. The summed E-state index contributed by atoms with van der Waals surface area (Å²) in [4.78, 5) is 10.4. The highest BCUT2D eigenvalue weighted by molar-refractivity contribution is 5.85. The number of rotatable bonds is 8. The lowest BCUT2D eigenvalue weighted by atomic mass is 10.2. The van der Waals surface area contributed by atoms with Crippen molar-refractivity contribution in [1.29, 1.82) is 0 Å². The van der Waals surface area contributed by atoms with Crippen LogP contribution in [-0.4, -0.2) is 31.4 Å². The molecule has 0 saturated carbocycles. The minimum Gasteiger partial charge on any atom is -0.497 e. The van der Waals surface area contributed by atoms with Gasteiger partial charge in [-0.05, 0) is 35.9 Å². The van der Waals surface area contributed by atoms with Gasteiger partial charge in [-0.3, -0.25) is 0 Å². The van der Waals surface area contributed by atoms with E-state index in [9.17, 15) is 4.79 Å². The van der Waals surface area contributed by atoms with Gasteiger partial charge < -0.3 is 19.3 Å². The number of aliphatic carboxylic acids is 1. The highest BCUT2D eigenvalue weighted by atomic mass is 16.5. The van der Waals surface area contributed by atoms with E-state index in [4.69, 9.17) is 19.3 Å². The summed E-state index contributed by atoms with van der Waals surface area (Å²) in [6.07, 6.45) is 2.62.